The summed E-state index contributed by atoms with van der Waals surface area (Å²) in [5.41, 5.74) is -0.949. The van der Waals surface area contributed by atoms with E-state index in [1.807, 2.05) is 0 Å². The number of nitrogens with zero attached hydrogens (tertiary/aromatic N) is 1. The monoisotopic (exact) mass is 815 g/mol. The molecule has 1 aliphatic rings. The Labute approximate surface area is 299 Å². The van der Waals surface area contributed by atoms with Crippen molar-refractivity contribution < 1.29 is 53.8 Å². The number of fused-ring (bicyclic) bond motifs is 2. The van der Waals surface area contributed by atoms with E-state index < -0.39 is 75.1 Å². The Hall–Kier alpha value is -4.71. The minimum atomic E-state index is -4.81. The van der Waals surface area contributed by atoms with Crippen molar-refractivity contribution in [3.8, 4) is 22.9 Å². The van der Waals surface area contributed by atoms with Crippen molar-refractivity contribution in [2.45, 2.75) is 43.3 Å². The third-order valence-corrected chi connectivity index (χ3v) is 10.2. The minimum Gasteiger partial charge on any atom is -0.496 e. The summed E-state index contributed by atoms with van der Waals surface area (Å²) < 4.78 is 125. The summed E-state index contributed by atoms with van der Waals surface area (Å²) in [4.78, 5) is 29.9. The molecule has 3 aromatic carbocycles. The van der Waals surface area contributed by atoms with Gasteiger partial charge in [0.15, 0.2) is 19.0 Å². The molecule has 0 unspecified atom stereocenters. The smallest absolute Gasteiger partial charge is 0.422 e. The lowest BCUT2D eigenvalue weighted by atomic mass is 9.94. The number of alkyl halides is 6. The van der Waals surface area contributed by atoms with Gasteiger partial charge in [-0.05, 0) is 67.3 Å². The molecule has 52 heavy (non-hydrogen) atoms. The Bertz CT molecular complexity index is 2390. The number of sulfonamides is 1. The molecule has 5 aromatic rings. The summed E-state index contributed by atoms with van der Waals surface area (Å²) in [5.74, 6) is -1.88. The SMILES string of the molecule is COc1ccc(Br)cc1C1(C(=O)NS(=O)(=O)Cc2ccc(-n3cc4c(OCC(F)(F)F)c5[nH]cccc5c(OCC(F)(F)F)c4c3=O)c(C)c2)CC1. The van der Waals surface area contributed by atoms with Crippen molar-refractivity contribution in [2.24, 2.45) is 0 Å². The number of hydrogen-bond donors (Lipinski definition) is 2. The average Bonchev–Trinajstić information content (AvgIpc) is 3.80. The first-order chi connectivity index (χ1) is 24.3. The van der Waals surface area contributed by atoms with Crippen molar-refractivity contribution in [1.29, 1.82) is 0 Å². The van der Waals surface area contributed by atoms with Crippen LogP contribution in [0.15, 0.2) is 70.2 Å². The summed E-state index contributed by atoms with van der Waals surface area (Å²) in [7, 11) is -2.81. The van der Waals surface area contributed by atoms with Gasteiger partial charge in [0.1, 0.15) is 11.5 Å². The lowest BCUT2D eigenvalue weighted by Gasteiger charge is -2.19. The maximum atomic E-state index is 13.9. The number of carbonyl (C=O) groups excluding carboxylic acids is 1. The summed E-state index contributed by atoms with van der Waals surface area (Å²) in [6.07, 6.45) is -6.37. The fourth-order valence-electron chi connectivity index (χ4n) is 6.12. The topological polar surface area (TPSA) is 129 Å². The molecule has 2 aromatic heterocycles. The number of carbonyl (C=O) groups is 1. The molecule has 10 nitrogen and oxygen atoms in total. The minimum absolute atomic E-state index is 0.128. The third kappa shape index (κ3) is 7.44. The average molecular weight is 817 g/mol. The predicted octanol–water partition coefficient (Wildman–Crippen LogP) is 7.11. The number of pyridine rings is 1. The quantitative estimate of drug-likeness (QED) is 0.136. The summed E-state index contributed by atoms with van der Waals surface area (Å²) in [6.45, 7) is -2.03. The molecule has 276 valence electrons. The van der Waals surface area contributed by atoms with Crippen LogP contribution in [-0.4, -0.2) is 56.6 Å². The van der Waals surface area contributed by atoms with Gasteiger partial charge in [0.2, 0.25) is 15.9 Å². The number of aryl methyl sites for hydroxylation is 1. The van der Waals surface area contributed by atoms with E-state index in [9.17, 15) is 44.3 Å². The van der Waals surface area contributed by atoms with Crippen LogP contribution in [0.1, 0.15) is 29.5 Å². The first kappa shape index (κ1) is 37.1. The van der Waals surface area contributed by atoms with Crippen molar-refractivity contribution in [2.75, 3.05) is 20.3 Å². The van der Waals surface area contributed by atoms with Gasteiger partial charge < -0.3 is 19.2 Å². The van der Waals surface area contributed by atoms with E-state index in [0.29, 0.717) is 34.2 Å². The van der Waals surface area contributed by atoms with E-state index >= 15 is 0 Å². The van der Waals surface area contributed by atoms with Gasteiger partial charge in [-0.1, -0.05) is 28.1 Å². The molecule has 1 fully saturated rings. The van der Waals surface area contributed by atoms with E-state index in [1.54, 1.807) is 18.2 Å². The van der Waals surface area contributed by atoms with E-state index in [4.69, 9.17) is 14.2 Å². The maximum absolute atomic E-state index is 13.9. The second kappa shape index (κ2) is 13.4. The Balaban J connectivity index is 1.35. The number of methoxy groups -OCH3 is 1. The van der Waals surface area contributed by atoms with Crippen molar-refractivity contribution in [3.05, 3.63) is 92.4 Å². The molecule has 1 amide bonds. The number of nitrogens with one attached hydrogen (secondary N) is 2. The zero-order valence-corrected chi connectivity index (χ0v) is 29.6. The highest BCUT2D eigenvalue weighted by Gasteiger charge is 2.54. The number of ether oxygens (including phenoxy) is 3. The Kier molecular flexibility index (Phi) is 9.52. The zero-order valence-electron chi connectivity index (χ0n) is 27.2. The van der Waals surface area contributed by atoms with Gasteiger partial charge in [-0.15, -0.1) is 0 Å². The Morgan fingerprint density at radius 2 is 1.65 bits per heavy atom. The van der Waals surface area contributed by atoms with Crippen LogP contribution in [0.2, 0.25) is 0 Å². The van der Waals surface area contributed by atoms with Gasteiger partial charge in [0.05, 0.1) is 40.3 Å². The zero-order chi connectivity index (χ0) is 37.8. The molecule has 18 heteroatoms. The summed E-state index contributed by atoms with van der Waals surface area (Å²) >= 11 is 3.37. The van der Waals surface area contributed by atoms with Gasteiger partial charge in [-0.2, -0.15) is 26.3 Å². The van der Waals surface area contributed by atoms with Crippen LogP contribution in [0.25, 0.3) is 27.4 Å². The Morgan fingerprint density at radius 1 is 0.981 bits per heavy atom. The highest BCUT2D eigenvalue weighted by molar-refractivity contribution is 9.10. The summed E-state index contributed by atoms with van der Waals surface area (Å²) in [6, 6.07) is 11.9. The van der Waals surface area contributed by atoms with Crippen LogP contribution >= 0.6 is 15.9 Å². The van der Waals surface area contributed by atoms with Crippen LogP contribution in [0, 0.1) is 6.92 Å². The first-order valence-corrected chi connectivity index (χ1v) is 17.8. The predicted molar refractivity (Wildman–Crippen MR) is 182 cm³/mol. The molecule has 2 N–H and O–H groups in total. The van der Waals surface area contributed by atoms with Gasteiger partial charge in [-0.25, -0.2) is 8.42 Å². The Morgan fingerprint density at radius 3 is 2.27 bits per heavy atom. The highest BCUT2D eigenvalue weighted by atomic mass is 79.9. The lowest BCUT2D eigenvalue weighted by Crippen LogP contribution is -2.39. The number of benzene rings is 3. The largest absolute Gasteiger partial charge is 0.496 e. The number of aromatic nitrogens is 2. The fraction of sp³-hybridized carbons (Fsp3) is 0.294. The molecule has 1 aliphatic carbocycles. The van der Waals surface area contributed by atoms with Gasteiger partial charge >= 0.3 is 12.4 Å². The molecule has 2 heterocycles. The molecule has 1 saturated carbocycles. The van der Waals surface area contributed by atoms with Crippen molar-refractivity contribution in [1.82, 2.24) is 14.3 Å². The van der Waals surface area contributed by atoms with E-state index in [-0.39, 0.29) is 27.5 Å². The molecule has 0 spiro atoms. The molecule has 0 bridgehead atoms. The lowest BCUT2D eigenvalue weighted by molar-refractivity contribution is -0.154. The van der Waals surface area contributed by atoms with Crippen LogP contribution in [-0.2, 0) is 26.0 Å². The molecule has 0 atom stereocenters. The first-order valence-electron chi connectivity index (χ1n) is 15.4. The van der Waals surface area contributed by atoms with Crippen LogP contribution in [0.5, 0.6) is 17.2 Å². The van der Waals surface area contributed by atoms with Gasteiger partial charge in [0.25, 0.3) is 5.56 Å². The van der Waals surface area contributed by atoms with Crippen LogP contribution < -0.4 is 24.5 Å². The molecule has 0 saturated heterocycles. The number of aromatic amines is 1. The van der Waals surface area contributed by atoms with Crippen molar-refractivity contribution >= 4 is 53.5 Å². The number of halogens is 7. The van der Waals surface area contributed by atoms with Crippen LogP contribution in [0.4, 0.5) is 26.3 Å². The molecule has 0 radical (unpaired) electrons. The van der Waals surface area contributed by atoms with E-state index in [2.05, 4.69) is 25.6 Å². The molecule has 6 rings (SSSR count). The standard InChI is InChI=1S/C34H28BrF6N3O7S/c1-18-12-19(15-52(47,48)43-31(46)32(9-10-32)23-13-20(35)6-8-25(23)49-2)5-7-24(18)44-14-22-26(30(44)45)28(50-16-33(36,37)38)21-4-3-11-42-27(21)29(22)51-17-34(39,40)41/h3-8,11-14,42H,9-10,15-17H2,1-2H3,(H,43,46). The number of rotatable bonds is 11. The van der Waals surface area contributed by atoms with Crippen molar-refractivity contribution in [3.63, 3.8) is 0 Å². The maximum Gasteiger partial charge on any atom is 0.422 e. The second-order valence-corrected chi connectivity index (χ2v) is 14.9. The number of hydrogen-bond acceptors (Lipinski definition) is 7. The number of H-pyrrole nitrogens is 1. The second-order valence-electron chi connectivity index (χ2n) is 12.3. The van der Waals surface area contributed by atoms with Gasteiger partial charge in [0, 0.05) is 27.8 Å². The third-order valence-electron chi connectivity index (χ3n) is 8.51. The van der Waals surface area contributed by atoms with E-state index in [1.165, 1.54) is 50.6 Å². The molecular formula is C34H28BrF6N3O7S. The van der Waals surface area contributed by atoms with E-state index in [0.717, 1.165) is 10.8 Å². The van der Waals surface area contributed by atoms with Gasteiger partial charge in [-0.3, -0.25) is 18.9 Å². The molecular weight excluding hydrogens is 788 g/mol. The molecule has 0 aliphatic heterocycles. The number of amides is 1. The highest BCUT2D eigenvalue weighted by Crippen LogP contribution is 2.52. The normalized spacial score (nSPS) is 14.4. The fourth-order valence-corrected chi connectivity index (χ4v) is 7.65. The van der Waals surface area contributed by atoms with Crippen LogP contribution in [0.3, 0.4) is 0 Å². The summed E-state index contributed by atoms with van der Waals surface area (Å²) in [5, 5.41) is -0.846.